The van der Waals surface area contributed by atoms with Crippen molar-refractivity contribution in [2.75, 3.05) is 19.7 Å². The standard InChI is InChI=1S/C9H8F6N2O2/c10-8(11,12)6(9(13,14)15)7(18)17-1-2-19-5(3-16)4-17/h5-6H,1-2,4H2. The summed E-state index contributed by atoms with van der Waals surface area (Å²) in [6, 6.07) is 1.53. The summed E-state index contributed by atoms with van der Waals surface area (Å²) in [4.78, 5) is 11.7. The number of hydrogen-bond donors (Lipinski definition) is 0. The monoisotopic (exact) mass is 290 g/mol. The molecule has 1 aliphatic heterocycles. The van der Waals surface area contributed by atoms with E-state index in [9.17, 15) is 31.1 Å². The van der Waals surface area contributed by atoms with Crippen molar-refractivity contribution in [2.24, 2.45) is 5.92 Å². The van der Waals surface area contributed by atoms with Crippen molar-refractivity contribution in [2.45, 2.75) is 18.5 Å². The third-order valence-corrected chi connectivity index (χ3v) is 2.42. The molecular formula is C9H8F6N2O2. The predicted octanol–water partition coefficient (Wildman–Crippen LogP) is 1.48. The molecule has 1 atom stereocenters. The molecule has 0 aromatic heterocycles. The summed E-state index contributed by atoms with van der Waals surface area (Å²) >= 11 is 0. The molecule has 0 aliphatic carbocycles. The highest BCUT2D eigenvalue weighted by atomic mass is 19.4. The zero-order chi connectivity index (χ0) is 14.8. The average Bonchev–Trinajstić information content (AvgIpc) is 2.25. The second-order valence-electron chi connectivity index (χ2n) is 3.79. The van der Waals surface area contributed by atoms with E-state index in [4.69, 9.17) is 10.00 Å². The number of nitriles is 1. The lowest BCUT2D eigenvalue weighted by molar-refractivity contribution is -0.278. The first kappa shape index (κ1) is 15.6. The van der Waals surface area contributed by atoms with Crippen LogP contribution in [-0.2, 0) is 9.53 Å². The molecule has 0 N–H and O–H groups in total. The van der Waals surface area contributed by atoms with E-state index in [0.717, 1.165) is 0 Å². The highest BCUT2D eigenvalue weighted by molar-refractivity contribution is 5.80. The van der Waals surface area contributed by atoms with Gasteiger partial charge in [-0.2, -0.15) is 31.6 Å². The van der Waals surface area contributed by atoms with Gasteiger partial charge in [-0.05, 0) is 0 Å². The van der Waals surface area contributed by atoms with Gasteiger partial charge < -0.3 is 9.64 Å². The molecule has 0 bridgehead atoms. The SMILES string of the molecule is N#CC1CN(C(=O)C(C(F)(F)F)C(F)(F)F)CCO1. The number of halogens is 6. The van der Waals surface area contributed by atoms with Gasteiger partial charge in [0.1, 0.15) is 0 Å². The second kappa shape index (κ2) is 5.24. The Kier molecular flexibility index (Phi) is 4.29. The lowest BCUT2D eigenvalue weighted by Crippen LogP contribution is -2.54. The molecule has 0 spiro atoms. The molecule has 0 aromatic carbocycles. The number of hydrogen-bond acceptors (Lipinski definition) is 3. The summed E-state index contributed by atoms with van der Waals surface area (Å²) in [6.45, 7) is -1.32. The first-order valence-electron chi connectivity index (χ1n) is 5.01. The zero-order valence-corrected chi connectivity index (χ0v) is 9.25. The van der Waals surface area contributed by atoms with Crippen LogP contribution in [0.1, 0.15) is 0 Å². The zero-order valence-electron chi connectivity index (χ0n) is 9.25. The van der Waals surface area contributed by atoms with E-state index in [-0.39, 0.29) is 6.61 Å². The van der Waals surface area contributed by atoms with E-state index >= 15 is 0 Å². The van der Waals surface area contributed by atoms with Crippen LogP contribution in [0.3, 0.4) is 0 Å². The number of ether oxygens (including phenoxy) is 1. The van der Waals surface area contributed by atoms with Gasteiger partial charge in [-0.3, -0.25) is 4.79 Å². The highest BCUT2D eigenvalue weighted by Crippen LogP contribution is 2.40. The number of carbonyl (C=O) groups excluding carboxylic acids is 1. The maximum Gasteiger partial charge on any atom is 0.409 e. The third-order valence-electron chi connectivity index (χ3n) is 2.42. The molecule has 1 aliphatic rings. The van der Waals surface area contributed by atoms with Crippen LogP contribution in [0.25, 0.3) is 0 Å². The number of amides is 1. The molecule has 0 saturated carbocycles. The van der Waals surface area contributed by atoms with Crippen molar-refractivity contribution < 1.29 is 35.9 Å². The number of morpholine rings is 1. The van der Waals surface area contributed by atoms with Crippen molar-refractivity contribution >= 4 is 5.91 Å². The van der Waals surface area contributed by atoms with Crippen LogP contribution in [0.2, 0.25) is 0 Å². The molecule has 0 aromatic rings. The number of nitrogens with zero attached hydrogens (tertiary/aromatic N) is 2. The van der Waals surface area contributed by atoms with Crippen LogP contribution >= 0.6 is 0 Å². The van der Waals surface area contributed by atoms with E-state index < -0.39 is 43.4 Å². The lowest BCUT2D eigenvalue weighted by Gasteiger charge is -2.33. The van der Waals surface area contributed by atoms with E-state index in [0.29, 0.717) is 4.90 Å². The van der Waals surface area contributed by atoms with E-state index in [2.05, 4.69) is 0 Å². The van der Waals surface area contributed by atoms with Crippen LogP contribution in [0.5, 0.6) is 0 Å². The van der Waals surface area contributed by atoms with E-state index in [1.165, 1.54) is 6.07 Å². The molecule has 108 valence electrons. The third kappa shape index (κ3) is 3.73. The Labute approximate surface area is 103 Å². The molecule has 0 radical (unpaired) electrons. The predicted molar refractivity (Wildman–Crippen MR) is 47.5 cm³/mol. The maximum absolute atomic E-state index is 12.3. The minimum atomic E-state index is -5.73. The first-order chi connectivity index (χ1) is 8.57. The van der Waals surface area contributed by atoms with Gasteiger partial charge in [-0.15, -0.1) is 0 Å². The van der Waals surface area contributed by atoms with Gasteiger partial charge in [0.2, 0.25) is 11.8 Å². The largest absolute Gasteiger partial charge is 0.409 e. The minimum Gasteiger partial charge on any atom is -0.360 e. The van der Waals surface area contributed by atoms with Crippen LogP contribution in [-0.4, -0.2) is 49.0 Å². The maximum atomic E-state index is 12.3. The van der Waals surface area contributed by atoms with Gasteiger partial charge in [0.25, 0.3) is 0 Å². The topological polar surface area (TPSA) is 53.3 Å². The summed E-state index contributed by atoms with van der Waals surface area (Å²) in [5.74, 6) is -6.18. The second-order valence-corrected chi connectivity index (χ2v) is 3.79. The quantitative estimate of drug-likeness (QED) is 0.687. The Balaban J connectivity index is 2.92. The molecule has 1 heterocycles. The van der Waals surface area contributed by atoms with Gasteiger partial charge in [0, 0.05) is 6.54 Å². The van der Waals surface area contributed by atoms with Gasteiger partial charge in [-0.1, -0.05) is 0 Å². The van der Waals surface area contributed by atoms with E-state index in [1.54, 1.807) is 0 Å². The molecule has 4 nitrogen and oxygen atoms in total. The normalized spacial score (nSPS) is 21.4. The van der Waals surface area contributed by atoms with Crippen LogP contribution in [0.15, 0.2) is 0 Å². The first-order valence-corrected chi connectivity index (χ1v) is 5.01. The fraction of sp³-hybridized carbons (Fsp3) is 0.778. The smallest absolute Gasteiger partial charge is 0.360 e. The van der Waals surface area contributed by atoms with Gasteiger partial charge in [-0.25, -0.2) is 0 Å². The van der Waals surface area contributed by atoms with Crippen molar-refractivity contribution in [1.82, 2.24) is 4.90 Å². The number of carbonyl (C=O) groups is 1. The minimum absolute atomic E-state index is 0.285. The Morgan fingerprint density at radius 1 is 1.26 bits per heavy atom. The fourth-order valence-electron chi connectivity index (χ4n) is 1.58. The van der Waals surface area contributed by atoms with E-state index in [1.807, 2.05) is 0 Å². The van der Waals surface area contributed by atoms with Crippen molar-refractivity contribution in [3.63, 3.8) is 0 Å². The van der Waals surface area contributed by atoms with Gasteiger partial charge in [0.15, 0.2) is 6.10 Å². The lowest BCUT2D eigenvalue weighted by atomic mass is 10.1. The molecule has 1 rings (SSSR count). The molecule has 1 amide bonds. The fourth-order valence-corrected chi connectivity index (χ4v) is 1.58. The summed E-state index contributed by atoms with van der Waals surface area (Å²) < 4.78 is 78.8. The summed E-state index contributed by atoms with van der Waals surface area (Å²) in [7, 11) is 0. The van der Waals surface area contributed by atoms with Crippen molar-refractivity contribution in [3.8, 4) is 6.07 Å². The van der Waals surface area contributed by atoms with Gasteiger partial charge >= 0.3 is 12.4 Å². The molecule has 1 unspecified atom stereocenters. The Morgan fingerprint density at radius 3 is 2.21 bits per heavy atom. The van der Waals surface area contributed by atoms with Gasteiger partial charge in [0.05, 0.1) is 19.2 Å². The van der Waals surface area contributed by atoms with Crippen LogP contribution in [0, 0.1) is 17.2 Å². The van der Waals surface area contributed by atoms with Crippen molar-refractivity contribution in [1.29, 1.82) is 5.26 Å². The number of rotatable bonds is 1. The summed E-state index contributed by atoms with van der Waals surface area (Å²) in [5.41, 5.74) is 0. The molecule has 19 heavy (non-hydrogen) atoms. The Morgan fingerprint density at radius 2 is 1.79 bits per heavy atom. The summed E-state index contributed by atoms with van der Waals surface area (Å²) in [6.07, 6.45) is -12.7. The Bertz CT molecular complexity index is 372. The highest BCUT2D eigenvalue weighted by Gasteiger charge is 2.62. The summed E-state index contributed by atoms with van der Waals surface area (Å²) in [5, 5.41) is 8.49. The molecule has 1 saturated heterocycles. The van der Waals surface area contributed by atoms with Crippen LogP contribution < -0.4 is 0 Å². The molecular weight excluding hydrogens is 282 g/mol. The number of alkyl halides is 6. The Hall–Kier alpha value is -1.50. The van der Waals surface area contributed by atoms with Crippen molar-refractivity contribution in [3.05, 3.63) is 0 Å². The molecule has 1 fully saturated rings. The van der Waals surface area contributed by atoms with Crippen LogP contribution in [0.4, 0.5) is 26.3 Å². The average molecular weight is 290 g/mol. The molecule has 10 heteroatoms.